The highest BCUT2D eigenvalue weighted by molar-refractivity contribution is 6.30. The van der Waals surface area contributed by atoms with E-state index in [1.54, 1.807) is 19.1 Å². The molecule has 2 aromatic carbocycles. The Morgan fingerprint density at radius 2 is 1.90 bits per heavy atom. The average Bonchev–Trinajstić information content (AvgIpc) is 2.54. The van der Waals surface area contributed by atoms with Gasteiger partial charge in [0.25, 0.3) is 0 Å². The Kier molecular flexibility index (Phi) is 5.23. The van der Waals surface area contributed by atoms with E-state index in [1.807, 2.05) is 54.6 Å². The molecule has 4 heteroatoms. The minimum Gasteiger partial charge on any atom is -0.497 e. The predicted octanol–water partition coefficient (Wildman–Crippen LogP) is 3.63. The normalized spacial score (nSPS) is 11.8. The second kappa shape index (κ2) is 7.14. The first-order valence-electron chi connectivity index (χ1n) is 6.68. The largest absolute Gasteiger partial charge is 0.497 e. The summed E-state index contributed by atoms with van der Waals surface area (Å²) in [4.78, 5) is 14.0. The summed E-state index contributed by atoms with van der Waals surface area (Å²) in [6.07, 6.45) is 0. The van der Waals surface area contributed by atoms with Crippen LogP contribution < -0.4 is 4.74 Å². The van der Waals surface area contributed by atoms with E-state index in [4.69, 9.17) is 16.3 Å². The number of alkyl halides is 1. The molecule has 2 aromatic rings. The molecular formula is C17H18ClNO2. The van der Waals surface area contributed by atoms with Crippen LogP contribution in [0.25, 0.3) is 0 Å². The van der Waals surface area contributed by atoms with Crippen LogP contribution in [-0.2, 0) is 11.3 Å². The van der Waals surface area contributed by atoms with Gasteiger partial charge in [-0.1, -0.05) is 42.5 Å². The van der Waals surface area contributed by atoms with Crippen LogP contribution in [0.15, 0.2) is 54.6 Å². The summed E-state index contributed by atoms with van der Waals surface area (Å²) in [5, 5.41) is -0.665. The Hall–Kier alpha value is -2.00. The first-order chi connectivity index (χ1) is 10.1. The summed E-state index contributed by atoms with van der Waals surface area (Å²) in [5.41, 5.74) is 1.81. The molecule has 0 spiro atoms. The second-order valence-electron chi connectivity index (χ2n) is 4.82. The number of amides is 1. The predicted molar refractivity (Wildman–Crippen MR) is 84.5 cm³/mol. The zero-order valence-electron chi connectivity index (χ0n) is 12.1. The lowest BCUT2D eigenvalue weighted by Gasteiger charge is -2.20. The van der Waals surface area contributed by atoms with E-state index in [-0.39, 0.29) is 5.91 Å². The number of halogens is 1. The molecule has 0 bridgehead atoms. The molecule has 0 aliphatic heterocycles. The van der Waals surface area contributed by atoms with Crippen molar-refractivity contribution < 1.29 is 9.53 Å². The highest BCUT2D eigenvalue weighted by Gasteiger charge is 2.21. The van der Waals surface area contributed by atoms with Crippen LogP contribution in [-0.4, -0.2) is 25.0 Å². The lowest BCUT2D eigenvalue weighted by molar-refractivity contribution is -0.130. The van der Waals surface area contributed by atoms with Gasteiger partial charge in [-0.3, -0.25) is 4.79 Å². The summed E-state index contributed by atoms with van der Waals surface area (Å²) < 4.78 is 5.18. The van der Waals surface area contributed by atoms with Crippen molar-refractivity contribution in [2.24, 2.45) is 0 Å². The second-order valence-corrected chi connectivity index (χ2v) is 5.26. The van der Waals surface area contributed by atoms with Crippen molar-refractivity contribution in [3.63, 3.8) is 0 Å². The first-order valence-corrected chi connectivity index (χ1v) is 7.12. The molecule has 0 saturated carbocycles. The third-order valence-electron chi connectivity index (χ3n) is 3.24. The van der Waals surface area contributed by atoms with Crippen molar-refractivity contribution in [3.8, 4) is 5.75 Å². The molecule has 0 radical (unpaired) electrons. The molecule has 1 amide bonds. The van der Waals surface area contributed by atoms with Gasteiger partial charge < -0.3 is 9.64 Å². The number of ether oxygens (including phenoxy) is 1. The molecule has 0 aliphatic carbocycles. The van der Waals surface area contributed by atoms with Gasteiger partial charge in [-0.15, -0.1) is 11.6 Å². The number of nitrogens with zero attached hydrogens (tertiary/aromatic N) is 1. The monoisotopic (exact) mass is 303 g/mol. The highest BCUT2D eigenvalue weighted by atomic mass is 35.5. The standard InChI is InChI=1S/C17H18ClNO2/c1-19(12-13-7-6-10-15(11-13)21-2)17(20)16(18)14-8-4-3-5-9-14/h3-11,16H,12H2,1-2H3. The molecular weight excluding hydrogens is 286 g/mol. The minimum absolute atomic E-state index is 0.120. The summed E-state index contributed by atoms with van der Waals surface area (Å²) in [7, 11) is 3.37. The number of carbonyl (C=O) groups is 1. The van der Waals surface area contributed by atoms with Crippen LogP contribution in [0.3, 0.4) is 0 Å². The fourth-order valence-electron chi connectivity index (χ4n) is 2.08. The van der Waals surface area contributed by atoms with Crippen LogP contribution in [0.4, 0.5) is 0 Å². The number of benzene rings is 2. The summed E-state index contributed by atoms with van der Waals surface area (Å²) in [6.45, 7) is 0.492. The third kappa shape index (κ3) is 3.99. The maximum absolute atomic E-state index is 12.4. The molecule has 0 saturated heterocycles. The van der Waals surface area contributed by atoms with E-state index >= 15 is 0 Å². The Morgan fingerprint density at radius 1 is 1.19 bits per heavy atom. The van der Waals surface area contributed by atoms with E-state index in [0.29, 0.717) is 6.54 Å². The van der Waals surface area contributed by atoms with Gasteiger partial charge in [0.2, 0.25) is 5.91 Å². The number of carbonyl (C=O) groups excluding carboxylic acids is 1. The Morgan fingerprint density at radius 3 is 2.57 bits per heavy atom. The summed E-state index contributed by atoms with van der Waals surface area (Å²) >= 11 is 6.26. The van der Waals surface area contributed by atoms with E-state index in [2.05, 4.69) is 0 Å². The van der Waals surface area contributed by atoms with Gasteiger partial charge in [-0.05, 0) is 23.3 Å². The molecule has 2 rings (SSSR count). The van der Waals surface area contributed by atoms with Crippen molar-refractivity contribution in [1.29, 1.82) is 0 Å². The van der Waals surface area contributed by atoms with E-state index < -0.39 is 5.38 Å². The van der Waals surface area contributed by atoms with Crippen LogP contribution in [0.1, 0.15) is 16.5 Å². The zero-order valence-corrected chi connectivity index (χ0v) is 12.9. The van der Waals surface area contributed by atoms with Gasteiger partial charge >= 0.3 is 0 Å². The van der Waals surface area contributed by atoms with Crippen LogP contribution >= 0.6 is 11.6 Å². The van der Waals surface area contributed by atoms with Gasteiger partial charge in [0.1, 0.15) is 11.1 Å². The number of likely N-dealkylation sites (N-methyl/N-ethyl adjacent to an activating group) is 1. The summed E-state index contributed by atoms with van der Waals surface area (Å²) in [5.74, 6) is 0.657. The Balaban J connectivity index is 2.05. The van der Waals surface area contributed by atoms with Crippen LogP contribution in [0.5, 0.6) is 5.75 Å². The van der Waals surface area contributed by atoms with Gasteiger partial charge in [0.15, 0.2) is 0 Å². The lowest BCUT2D eigenvalue weighted by atomic mass is 10.1. The molecule has 0 heterocycles. The number of hydrogen-bond donors (Lipinski definition) is 0. The van der Waals surface area contributed by atoms with E-state index in [0.717, 1.165) is 16.9 Å². The van der Waals surface area contributed by atoms with Crippen LogP contribution in [0.2, 0.25) is 0 Å². The van der Waals surface area contributed by atoms with Gasteiger partial charge in [-0.2, -0.15) is 0 Å². The number of hydrogen-bond acceptors (Lipinski definition) is 2. The van der Waals surface area contributed by atoms with Crippen molar-refractivity contribution in [3.05, 3.63) is 65.7 Å². The number of rotatable bonds is 5. The van der Waals surface area contributed by atoms with Crippen molar-refractivity contribution in [1.82, 2.24) is 4.90 Å². The average molecular weight is 304 g/mol. The fraction of sp³-hybridized carbons (Fsp3) is 0.235. The zero-order chi connectivity index (χ0) is 15.2. The van der Waals surface area contributed by atoms with Crippen LogP contribution in [0, 0.1) is 0 Å². The molecule has 1 atom stereocenters. The Labute approximate surface area is 130 Å². The Bertz CT molecular complexity index is 601. The molecule has 0 aromatic heterocycles. The quantitative estimate of drug-likeness (QED) is 0.789. The SMILES string of the molecule is COc1cccc(CN(C)C(=O)C(Cl)c2ccccc2)c1. The molecule has 0 aliphatic rings. The highest BCUT2D eigenvalue weighted by Crippen LogP contribution is 2.23. The molecule has 0 N–H and O–H groups in total. The van der Waals surface area contributed by atoms with Crippen molar-refractivity contribution in [2.45, 2.75) is 11.9 Å². The molecule has 21 heavy (non-hydrogen) atoms. The molecule has 110 valence electrons. The minimum atomic E-state index is -0.665. The van der Waals surface area contributed by atoms with Crippen molar-refractivity contribution in [2.75, 3.05) is 14.2 Å². The van der Waals surface area contributed by atoms with E-state index in [1.165, 1.54) is 0 Å². The molecule has 1 unspecified atom stereocenters. The topological polar surface area (TPSA) is 29.5 Å². The lowest BCUT2D eigenvalue weighted by Crippen LogP contribution is -2.29. The van der Waals surface area contributed by atoms with Gasteiger partial charge in [0, 0.05) is 13.6 Å². The fourth-order valence-corrected chi connectivity index (χ4v) is 2.39. The van der Waals surface area contributed by atoms with Gasteiger partial charge in [-0.25, -0.2) is 0 Å². The van der Waals surface area contributed by atoms with Crippen molar-refractivity contribution >= 4 is 17.5 Å². The van der Waals surface area contributed by atoms with Gasteiger partial charge in [0.05, 0.1) is 7.11 Å². The maximum atomic E-state index is 12.4. The first kappa shape index (κ1) is 15.4. The maximum Gasteiger partial charge on any atom is 0.245 e. The van der Waals surface area contributed by atoms with E-state index in [9.17, 15) is 4.79 Å². The molecule has 0 fully saturated rings. The third-order valence-corrected chi connectivity index (χ3v) is 3.68. The smallest absolute Gasteiger partial charge is 0.245 e. The molecule has 3 nitrogen and oxygen atoms in total. The number of methoxy groups -OCH3 is 1. The summed E-state index contributed by atoms with van der Waals surface area (Å²) in [6, 6.07) is 17.0.